The molecule has 0 fully saturated rings. The second-order valence-electron chi connectivity index (χ2n) is 4.33. The van der Waals surface area contributed by atoms with E-state index < -0.39 is 5.82 Å². The van der Waals surface area contributed by atoms with Crippen molar-refractivity contribution in [2.45, 2.75) is 6.54 Å². The van der Waals surface area contributed by atoms with Crippen molar-refractivity contribution in [1.82, 2.24) is 10.3 Å². The predicted molar refractivity (Wildman–Crippen MR) is 77.9 cm³/mol. The highest BCUT2D eigenvalue weighted by Crippen LogP contribution is 2.18. The van der Waals surface area contributed by atoms with E-state index in [1.165, 1.54) is 19.4 Å². The van der Waals surface area contributed by atoms with Gasteiger partial charge in [0, 0.05) is 19.8 Å². The largest absolute Gasteiger partial charge is 0.494 e. The minimum Gasteiger partial charge on any atom is -0.494 e. The van der Waals surface area contributed by atoms with Crippen LogP contribution in [0.1, 0.15) is 15.9 Å². The molecule has 1 aromatic heterocycles. The second-order valence-corrected chi connectivity index (χ2v) is 4.33. The molecule has 1 heterocycles. The fraction of sp³-hybridized carbons (Fsp3) is 0.200. The van der Waals surface area contributed by atoms with E-state index in [-0.39, 0.29) is 11.7 Å². The molecular weight excluding hydrogens is 273 g/mol. The lowest BCUT2D eigenvalue weighted by Gasteiger charge is -2.08. The highest BCUT2D eigenvalue weighted by atomic mass is 19.1. The van der Waals surface area contributed by atoms with Gasteiger partial charge in [-0.2, -0.15) is 0 Å². The van der Waals surface area contributed by atoms with Crippen LogP contribution < -0.4 is 15.4 Å². The first kappa shape index (κ1) is 14.8. The zero-order chi connectivity index (χ0) is 15.2. The minimum atomic E-state index is -0.403. The molecule has 0 aliphatic heterocycles. The lowest BCUT2D eigenvalue weighted by molar-refractivity contribution is 0.0963. The van der Waals surface area contributed by atoms with Crippen LogP contribution >= 0.6 is 0 Å². The van der Waals surface area contributed by atoms with Crippen molar-refractivity contribution in [3.8, 4) is 5.75 Å². The van der Waals surface area contributed by atoms with Crippen molar-refractivity contribution in [1.29, 1.82) is 0 Å². The molecule has 0 bridgehead atoms. The van der Waals surface area contributed by atoms with E-state index in [0.717, 1.165) is 5.56 Å². The van der Waals surface area contributed by atoms with Crippen LogP contribution in [0.2, 0.25) is 0 Å². The smallest absolute Gasteiger partial charge is 0.252 e. The molecule has 1 amide bonds. The molecule has 0 saturated heterocycles. The number of carbonyl (C=O) groups excluding carboxylic acids is 1. The van der Waals surface area contributed by atoms with E-state index in [1.54, 1.807) is 31.3 Å². The predicted octanol–water partition coefficient (Wildman–Crippen LogP) is 2.20. The standard InChI is InChI=1S/C15H16FN3O2/c1-17-15(20)11-4-6-14(19-9-11)18-8-10-3-5-13(21-2)12(16)7-10/h3-7,9H,8H2,1-2H3,(H,17,20)(H,18,19). The van der Waals surface area contributed by atoms with Crippen LogP contribution in [-0.4, -0.2) is 25.0 Å². The number of ether oxygens (including phenoxy) is 1. The van der Waals surface area contributed by atoms with Gasteiger partial charge in [-0.3, -0.25) is 4.79 Å². The molecule has 110 valence electrons. The van der Waals surface area contributed by atoms with E-state index in [2.05, 4.69) is 15.6 Å². The number of nitrogens with one attached hydrogen (secondary N) is 2. The van der Waals surface area contributed by atoms with Gasteiger partial charge < -0.3 is 15.4 Å². The Morgan fingerprint density at radius 3 is 2.71 bits per heavy atom. The van der Waals surface area contributed by atoms with Crippen LogP contribution in [-0.2, 0) is 6.54 Å². The highest BCUT2D eigenvalue weighted by molar-refractivity contribution is 5.93. The summed E-state index contributed by atoms with van der Waals surface area (Å²) in [4.78, 5) is 15.5. The van der Waals surface area contributed by atoms with Crippen LogP contribution in [0.3, 0.4) is 0 Å². The molecule has 0 saturated carbocycles. The van der Waals surface area contributed by atoms with Gasteiger partial charge in [0.15, 0.2) is 11.6 Å². The zero-order valence-electron chi connectivity index (χ0n) is 11.8. The van der Waals surface area contributed by atoms with Crippen molar-refractivity contribution >= 4 is 11.7 Å². The average molecular weight is 289 g/mol. The third-order valence-electron chi connectivity index (χ3n) is 2.94. The summed E-state index contributed by atoms with van der Waals surface area (Å²) in [5, 5.41) is 5.58. The lowest BCUT2D eigenvalue weighted by atomic mass is 10.2. The fourth-order valence-corrected chi connectivity index (χ4v) is 1.79. The Bertz CT molecular complexity index is 629. The van der Waals surface area contributed by atoms with Crippen molar-refractivity contribution in [2.24, 2.45) is 0 Å². The first-order chi connectivity index (χ1) is 10.1. The van der Waals surface area contributed by atoms with Gasteiger partial charge in [0.25, 0.3) is 5.91 Å². The lowest BCUT2D eigenvalue weighted by Crippen LogP contribution is -2.18. The second kappa shape index (κ2) is 6.69. The number of methoxy groups -OCH3 is 1. The maximum atomic E-state index is 13.5. The SMILES string of the molecule is CNC(=O)c1ccc(NCc2ccc(OC)c(F)c2)nc1. The number of hydrogen-bond donors (Lipinski definition) is 2. The fourth-order valence-electron chi connectivity index (χ4n) is 1.79. The summed E-state index contributed by atoms with van der Waals surface area (Å²) in [6.07, 6.45) is 1.48. The summed E-state index contributed by atoms with van der Waals surface area (Å²) < 4.78 is 18.4. The van der Waals surface area contributed by atoms with Gasteiger partial charge in [0.2, 0.25) is 0 Å². The molecule has 1 aromatic carbocycles. The maximum absolute atomic E-state index is 13.5. The molecule has 0 aliphatic rings. The van der Waals surface area contributed by atoms with Crippen molar-refractivity contribution in [3.63, 3.8) is 0 Å². The summed E-state index contributed by atoms with van der Waals surface area (Å²) >= 11 is 0. The van der Waals surface area contributed by atoms with E-state index in [4.69, 9.17) is 4.74 Å². The first-order valence-electron chi connectivity index (χ1n) is 6.38. The molecule has 2 aromatic rings. The molecule has 0 radical (unpaired) electrons. The number of aromatic nitrogens is 1. The van der Waals surface area contributed by atoms with Gasteiger partial charge in [-0.1, -0.05) is 6.07 Å². The maximum Gasteiger partial charge on any atom is 0.252 e. The van der Waals surface area contributed by atoms with Crippen molar-refractivity contribution < 1.29 is 13.9 Å². The molecule has 0 atom stereocenters. The van der Waals surface area contributed by atoms with Gasteiger partial charge in [-0.05, 0) is 29.8 Å². The van der Waals surface area contributed by atoms with E-state index >= 15 is 0 Å². The summed E-state index contributed by atoms with van der Waals surface area (Å²) in [7, 11) is 2.99. The molecule has 21 heavy (non-hydrogen) atoms. The molecule has 2 rings (SSSR count). The number of nitrogens with zero attached hydrogens (tertiary/aromatic N) is 1. The van der Waals surface area contributed by atoms with E-state index in [0.29, 0.717) is 17.9 Å². The van der Waals surface area contributed by atoms with Crippen LogP contribution in [0.15, 0.2) is 36.5 Å². The van der Waals surface area contributed by atoms with Gasteiger partial charge >= 0.3 is 0 Å². The molecule has 0 spiro atoms. The van der Waals surface area contributed by atoms with Crippen molar-refractivity contribution in [2.75, 3.05) is 19.5 Å². The number of amides is 1. The van der Waals surface area contributed by atoms with Crippen LogP contribution in [0, 0.1) is 5.82 Å². The number of carbonyl (C=O) groups is 1. The van der Waals surface area contributed by atoms with E-state index in [1.807, 2.05) is 0 Å². The quantitative estimate of drug-likeness (QED) is 0.885. The number of pyridine rings is 1. The molecular formula is C15H16FN3O2. The summed E-state index contributed by atoms with van der Waals surface area (Å²) in [5.74, 6) is 0.233. The third-order valence-corrected chi connectivity index (χ3v) is 2.94. The van der Waals surface area contributed by atoms with Gasteiger partial charge in [0.05, 0.1) is 12.7 Å². The normalized spacial score (nSPS) is 10.0. The Balaban J connectivity index is 1.99. The van der Waals surface area contributed by atoms with Gasteiger partial charge in [0.1, 0.15) is 5.82 Å². The Hall–Kier alpha value is -2.63. The number of benzene rings is 1. The number of halogens is 1. The summed E-state index contributed by atoms with van der Waals surface area (Å²) in [6, 6.07) is 8.13. The number of hydrogen-bond acceptors (Lipinski definition) is 4. The third kappa shape index (κ3) is 3.68. The minimum absolute atomic E-state index is 0.189. The molecule has 5 nitrogen and oxygen atoms in total. The van der Waals surface area contributed by atoms with Crippen LogP contribution in [0.25, 0.3) is 0 Å². The Morgan fingerprint density at radius 2 is 2.14 bits per heavy atom. The number of rotatable bonds is 5. The Labute approximate surface area is 122 Å². The highest BCUT2D eigenvalue weighted by Gasteiger charge is 2.05. The molecule has 2 N–H and O–H groups in total. The summed E-state index contributed by atoms with van der Waals surface area (Å²) in [5.41, 5.74) is 1.25. The van der Waals surface area contributed by atoms with Gasteiger partial charge in [-0.15, -0.1) is 0 Å². The zero-order valence-corrected chi connectivity index (χ0v) is 11.8. The van der Waals surface area contributed by atoms with Gasteiger partial charge in [-0.25, -0.2) is 9.37 Å². The average Bonchev–Trinajstić information content (AvgIpc) is 2.52. The Kier molecular flexibility index (Phi) is 4.71. The van der Waals surface area contributed by atoms with Crippen molar-refractivity contribution in [3.05, 3.63) is 53.5 Å². The molecule has 0 aliphatic carbocycles. The molecule has 6 heteroatoms. The first-order valence-corrected chi connectivity index (χ1v) is 6.38. The topological polar surface area (TPSA) is 63.2 Å². The monoisotopic (exact) mass is 289 g/mol. The summed E-state index contributed by atoms with van der Waals surface area (Å²) in [6.45, 7) is 0.424. The Morgan fingerprint density at radius 1 is 1.33 bits per heavy atom. The molecule has 0 unspecified atom stereocenters. The van der Waals surface area contributed by atoms with Crippen LogP contribution in [0.5, 0.6) is 5.75 Å². The number of anilines is 1. The van der Waals surface area contributed by atoms with E-state index in [9.17, 15) is 9.18 Å². The van der Waals surface area contributed by atoms with Crippen LogP contribution in [0.4, 0.5) is 10.2 Å².